The van der Waals surface area contributed by atoms with Gasteiger partial charge in [0.05, 0.1) is 12.5 Å². The Morgan fingerprint density at radius 2 is 1.83 bits per heavy atom. The lowest BCUT2D eigenvalue weighted by molar-refractivity contribution is -0.132. The fraction of sp³-hybridized carbons (Fsp3) is 0.333. The van der Waals surface area contributed by atoms with E-state index in [9.17, 15) is 18.4 Å². The molecule has 3 N–H and O–H groups in total. The molecule has 0 aliphatic rings. The molecule has 2 aromatic carbocycles. The number of benzene rings is 2. The lowest BCUT2D eigenvalue weighted by Crippen LogP contribution is -2.37. The highest BCUT2D eigenvalue weighted by atomic mass is 35.5. The molecule has 1 unspecified atom stereocenters. The molecule has 0 heterocycles. The number of hydrogen-bond donors (Lipinski definition) is 2. The molecule has 29 heavy (non-hydrogen) atoms. The molecule has 0 saturated heterocycles. The zero-order valence-electron chi connectivity index (χ0n) is 16.2. The van der Waals surface area contributed by atoms with Crippen molar-refractivity contribution in [3.05, 3.63) is 71.3 Å². The minimum absolute atomic E-state index is 0. The Bertz CT molecular complexity index is 806. The summed E-state index contributed by atoms with van der Waals surface area (Å²) in [4.78, 5) is 26.1. The van der Waals surface area contributed by atoms with Gasteiger partial charge in [-0.15, -0.1) is 12.4 Å². The predicted molar refractivity (Wildman–Crippen MR) is 110 cm³/mol. The molecule has 8 heteroatoms. The van der Waals surface area contributed by atoms with Crippen LogP contribution in [0.5, 0.6) is 0 Å². The SMILES string of the molecule is CC(=O)NC(CC(=O)N(CCCN)Cc1ccccc1)c1ccc(F)cc1F.Cl. The van der Waals surface area contributed by atoms with Gasteiger partial charge in [0.2, 0.25) is 11.8 Å². The molecular formula is C21H26ClF2N3O2. The first kappa shape index (κ1) is 24.5. The van der Waals surface area contributed by atoms with E-state index in [0.29, 0.717) is 26.1 Å². The molecule has 0 saturated carbocycles. The zero-order chi connectivity index (χ0) is 20.5. The number of carbonyl (C=O) groups excluding carboxylic acids is 2. The van der Waals surface area contributed by atoms with Gasteiger partial charge in [-0.25, -0.2) is 8.78 Å². The van der Waals surface area contributed by atoms with Gasteiger partial charge in [0.15, 0.2) is 0 Å². The van der Waals surface area contributed by atoms with Crippen molar-refractivity contribution < 1.29 is 18.4 Å². The number of amides is 2. The van der Waals surface area contributed by atoms with Crippen LogP contribution in [0.1, 0.15) is 36.9 Å². The normalized spacial score (nSPS) is 11.3. The first-order valence-corrected chi connectivity index (χ1v) is 9.14. The number of hydrogen-bond acceptors (Lipinski definition) is 3. The first-order valence-electron chi connectivity index (χ1n) is 9.14. The van der Waals surface area contributed by atoms with Crippen molar-refractivity contribution in [3.63, 3.8) is 0 Å². The number of halogens is 3. The Morgan fingerprint density at radius 3 is 2.41 bits per heavy atom. The minimum Gasteiger partial charge on any atom is -0.349 e. The largest absolute Gasteiger partial charge is 0.349 e. The lowest BCUT2D eigenvalue weighted by atomic mass is 10.0. The molecule has 0 spiro atoms. The highest BCUT2D eigenvalue weighted by Crippen LogP contribution is 2.23. The summed E-state index contributed by atoms with van der Waals surface area (Å²) in [5, 5.41) is 2.59. The van der Waals surface area contributed by atoms with Gasteiger partial charge in [-0.3, -0.25) is 9.59 Å². The van der Waals surface area contributed by atoms with Crippen LogP contribution in [0.25, 0.3) is 0 Å². The van der Waals surface area contributed by atoms with Crippen LogP contribution < -0.4 is 11.1 Å². The monoisotopic (exact) mass is 425 g/mol. The molecule has 2 amide bonds. The predicted octanol–water partition coefficient (Wildman–Crippen LogP) is 3.33. The third-order valence-electron chi connectivity index (χ3n) is 4.30. The number of rotatable bonds is 9. The van der Waals surface area contributed by atoms with Gasteiger partial charge in [0.25, 0.3) is 0 Å². The highest BCUT2D eigenvalue weighted by molar-refractivity contribution is 5.85. The van der Waals surface area contributed by atoms with Crippen molar-refractivity contribution in [2.75, 3.05) is 13.1 Å². The third kappa shape index (κ3) is 7.79. The van der Waals surface area contributed by atoms with E-state index in [4.69, 9.17) is 5.73 Å². The van der Waals surface area contributed by atoms with Crippen LogP contribution in [0.15, 0.2) is 48.5 Å². The number of nitrogens with two attached hydrogens (primary N) is 1. The van der Waals surface area contributed by atoms with E-state index in [2.05, 4.69) is 5.32 Å². The summed E-state index contributed by atoms with van der Waals surface area (Å²) >= 11 is 0. The molecule has 0 bridgehead atoms. The second-order valence-electron chi connectivity index (χ2n) is 6.57. The van der Waals surface area contributed by atoms with E-state index >= 15 is 0 Å². The summed E-state index contributed by atoms with van der Waals surface area (Å²) in [6.45, 7) is 2.55. The Morgan fingerprint density at radius 1 is 1.14 bits per heavy atom. The smallest absolute Gasteiger partial charge is 0.225 e. The van der Waals surface area contributed by atoms with Gasteiger partial charge in [-0.1, -0.05) is 36.4 Å². The molecule has 0 radical (unpaired) electrons. The molecule has 2 aromatic rings. The average Bonchev–Trinajstić information content (AvgIpc) is 2.65. The summed E-state index contributed by atoms with van der Waals surface area (Å²) in [6, 6.07) is 11.7. The fourth-order valence-electron chi connectivity index (χ4n) is 2.95. The number of nitrogens with zero attached hydrogens (tertiary/aromatic N) is 1. The summed E-state index contributed by atoms with van der Waals surface area (Å²) in [5.74, 6) is -2.18. The average molecular weight is 426 g/mol. The van der Waals surface area contributed by atoms with Crippen molar-refractivity contribution in [3.8, 4) is 0 Å². The van der Waals surface area contributed by atoms with Gasteiger partial charge in [-0.2, -0.15) is 0 Å². The summed E-state index contributed by atoms with van der Waals surface area (Å²) < 4.78 is 27.5. The summed E-state index contributed by atoms with van der Waals surface area (Å²) in [6.07, 6.45) is 0.480. The topological polar surface area (TPSA) is 75.4 Å². The van der Waals surface area contributed by atoms with Crippen molar-refractivity contribution in [2.24, 2.45) is 5.73 Å². The van der Waals surface area contributed by atoms with E-state index in [0.717, 1.165) is 17.7 Å². The van der Waals surface area contributed by atoms with Gasteiger partial charge in [0.1, 0.15) is 11.6 Å². The van der Waals surface area contributed by atoms with Gasteiger partial charge < -0.3 is 16.0 Å². The standard InChI is InChI=1S/C21H25F2N3O2.ClH/c1-15(27)25-20(18-9-8-17(22)12-19(18)23)13-21(28)26(11-5-10-24)14-16-6-3-2-4-7-16;/h2-4,6-9,12,20H,5,10-11,13-14,24H2,1H3,(H,25,27);1H. The first-order chi connectivity index (χ1) is 13.4. The number of carbonyl (C=O) groups is 2. The van der Waals surface area contributed by atoms with Crippen LogP contribution >= 0.6 is 12.4 Å². The molecule has 1 atom stereocenters. The van der Waals surface area contributed by atoms with Crippen LogP contribution in [0.4, 0.5) is 8.78 Å². The summed E-state index contributed by atoms with van der Waals surface area (Å²) in [5.41, 5.74) is 6.61. The number of nitrogens with one attached hydrogen (secondary N) is 1. The van der Waals surface area contributed by atoms with E-state index in [-0.39, 0.29) is 30.3 Å². The van der Waals surface area contributed by atoms with Gasteiger partial charge >= 0.3 is 0 Å². The summed E-state index contributed by atoms with van der Waals surface area (Å²) in [7, 11) is 0. The van der Waals surface area contributed by atoms with Crippen molar-refractivity contribution in [1.82, 2.24) is 10.2 Å². The quantitative estimate of drug-likeness (QED) is 0.647. The maximum atomic E-state index is 14.2. The Labute approximate surface area is 175 Å². The Balaban J connectivity index is 0.00000420. The van der Waals surface area contributed by atoms with E-state index < -0.39 is 23.6 Å². The van der Waals surface area contributed by atoms with Gasteiger partial charge in [0, 0.05) is 31.6 Å². The van der Waals surface area contributed by atoms with Crippen LogP contribution in [0, 0.1) is 11.6 Å². The lowest BCUT2D eigenvalue weighted by Gasteiger charge is -2.26. The van der Waals surface area contributed by atoms with Crippen LogP contribution in [0.2, 0.25) is 0 Å². The molecule has 2 rings (SSSR count). The van der Waals surface area contributed by atoms with Crippen molar-refractivity contribution >= 4 is 24.2 Å². The van der Waals surface area contributed by atoms with Crippen LogP contribution in [-0.4, -0.2) is 29.8 Å². The molecule has 0 fully saturated rings. The van der Waals surface area contributed by atoms with Crippen molar-refractivity contribution in [2.45, 2.75) is 32.4 Å². The van der Waals surface area contributed by atoms with Crippen molar-refractivity contribution in [1.29, 1.82) is 0 Å². The molecule has 0 aromatic heterocycles. The molecule has 158 valence electrons. The maximum Gasteiger partial charge on any atom is 0.225 e. The molecule has 5 nitrogen and oxygen atoms in total. The van der Waals surface area contributed by atoms with E-state index in [1.165, 1.54) is 13.0 Å². The van der Waals surface area contributed by atoms with Crippen LogP contribution in [0.3, 0.4) is 0 Å². The van der Waals surface area contributed by atoms with E-state index in [1.54, 1.807) is 4.90 Å². The van der Waals surface area contributed by atoms with Gasteiger partial charge in [-0.05, 0) is 24.6 Å². The molecule has 0 aliphatic carbocycles. The Kier molecular flexibility index (Phi) is 10.3. The third-order valence-corrected chi connectivity index (χ3v) is 4.30. The zero-order valence-corrected chi connectivity index (χ0v) is 17.1. The second-order valence-corrected chi connectivity index (χ2v) is 6.57. The van der Waals surface area contributed by atoms with Crippen LogP contribution in [-0.2, 0) is 16.1 Å². The maximum absolute atomic E-state index is 14.2. The highest BCUT2D eigenvalue weighted by Gasteiger charge is 2.24. The Hall–Kier alpha value is -2.51. The molecule has 0 aliphatic heterocycles. The van der Waals surface area contributed by atoms with E-state index in [1.807, 2.05) is 30.3 Å². The second kappa shape index (κ2) is 12.1. The molecular weight excluding hydrogens is 400 g/mol. The fourth-order valence-corrected chi connectivity index (χ4v) is 2.95. The minimum atomic E-state index is -0.887.